The molecular weight excluding hydrogens is 178 g/mol. The summed E-state index contributed by atoms with van der Waals surface area (Å²) in [7, 11) is 0. The van der Waals surface area contributed by atoms with Crippen molar-refractivity contribution in [3.05, 3.63) is 24.2 Å². The minimum atomic E-state index is 0.395. The first-order valence-electron chi connectivity index (χ1n) is 5.15. The second-order valence-corrected chi connectivity index (χ2v) is 3.60. The lowest BCUT2D eigenvalue weighted by molar-refractivity contribution is -0.0708. The Hall–Kier alpha value is -1.16. The van der Waals surface area contributed by atoms with E-state index in [0.717, 1.165) is 25.9 Å². The van der Waals surface area contributed by atoms with Gasteiger partial charge in [0.15, 0.2) is 0 Å². The fourth-order valence-electron chi connectivity index (χ4n) is 1.65. The van der Waals surface area contributed by atoms with Gasteiger partial charge in [-0.15, -0.1) is 5.06 Å². The summed E-state index contributed by atoms with van der Waals surface area (Å²) >= 11 is 0. The van der Waals surface area contributed by atoms with Crippen LogP contribution in [0.15, 0.2) is 24.2 Å². The van der Waals surface area contributed by atoms with Crippen LogP contribution in [0.4, 0.5) is 0 Å². The van der Waals surface area contributed by atoms with Crippen LogP contribution < -0.4 is 10.6 Å². The van der Waals surface area contributed by atoms with Gasteiger partial charge in [0.05, 0.1) is 12.7 Å². The van der Waals surface area contributed by atoms with E-state index in [1.54, 1.807) is 0 Å². The van der Waals surface area contributed by atoms with Gasteiger partial charge >= 0.3 is 0 Å². The van der Waals surface area contributed by atoms with Gasteiger partial charge in [0, 0.05) is 18.9 Å². The summed E-state index contributed by atoms with van der Waals surface area (Å²) < 4.78 is 0. The molecule has 0 aromatic carbocycles. The van der Waals surface area contributed by atoms with E-state index in [0.29, 0.717) is 6.17 Å². The molecule has 4 nitrogen and oxygen atoms in total. The normalized spacial score (nSPS) is 21.6. The Morgan fingerprint density at radius 3 is 2.93 bits per heavy atom. The van der Waals surface area contributed by atoms with Gasteiger partial charge in [-0.3, -0.25) is 0 Å². The third-order valence-corrected chi connectivity index (χ3v) is 2.53. The highest BCUT2D eigenvalue weighted by atomic mass is 16.7. The van der Waals surface area contributed by atoms with Gasteiger partial charge in [0.1, 0.15) is 6.26 Å². The third-order valence-electron chi connectivity index (χ3n) is 2.53. The molecule has 0 aromatic rings. The molecule has 0 amide bonds. The second-order valence-electron chi connectivity index (χ2n) is 3.60. The summed E-state index contributed by atoms with van der Waals surface area (Å²) in [6.07, 6.45) is 8.35. The summed E-state index contributed by atoms with van der Waals surface area (Å²) in [5.74, 6) is 0. The molecule has 0 bridgehead atoms. The van der Waals surface area contributed by atoms with Crippen molar-refractivity contribution < 1.29 is 4.84 Å². The maximum absolute atomic E-state index is 5.34. The molecule has 2 rings (SSSR count). The van der Waals surface area contributed by atoms with Crippen molar-refractivity contribution >= 4 is 0 Å². The van der Waals surface area contributed by atoms with E-state index in [4.69, 9.17) is 4.84 Å². The summed E-state index contributed by atoms with van der Waals surface area (Å²) in [4.78, 5) is 5.34. The maximum Gasteiger partial charge on any atom is 0.112 e. The van der Waals surface area contributed by atoms with Crippen LogP contribution in [0, 0.1) is 0 Å². The Balaban J connectivity index is 1.66. The Morgan fingerprint density at radius 2 is 2.29 bits per heavy atom. The highest BCUT2D eigenvalue weighted by Gasteiger charge is 2.15. The summed E-state index contributed by atoms with van der Waals surface area (Å²) in [5.41, 5.74) is 1.38. The summed E-state index contributed by atoms with van der Waals surface area (Å²) in [6.45, 7) is 4.00. The molecule has 0 radical (unpaired) electrons. The van der Waals surface area contributed by atoms with Crippen molar-refractivity contribution in [2.75, 3.05) is 13.1 Å². The number of likely N-dealkylation sites (N-methyl/N-ethyl adjacent to an activating group) is 1. The fraction of sp³-hybridized carbons (Fsp3) is 0.600. The van der Waals surface area contributed by atoms with Crippen molar-refractivity contribution in [2.24, 2.45) is 0 Å². The van der Waals surface area contributed by atoms with Crippen LogP contribution in [-0.4, -0.2) is 24.3 Å². The van der Waals surface area contributed by atoms with Crippen LogP contribution in [-0.2, 0) is 4.84 Å². The molecule has 0 spiro atoms. The van der Waals surface area contributed by atoms with Crippen LogP contribution in [0.1, 0.15) is 19.8 Å². The van der Waals surface area contributed by atoms with Crippen LogP contribution in [0.25, 0.3) is 0 Å². The van der Waals surface area contributed by atoms with Gasteiger partial charge in [0.2, 0.25) is 0 Å². The highest BCUT2D eigenvalue weighted by molar-refractivity contribution is 5.04. The van der Waals surface area contributed by atoms with E-state index in [1.165, 1.54) is 5.57 Å². The largest absolute Gasteiger partial charge is 0.413 e. The monoisotopic (exact) mass is 195 g/mol. The number of hydrogen-bond acceptors (Lipinski definition) is 4. The number of nitrogens with zero attached hydrogens (tertiary/aromatic N) is 1. The lowest BCUT2D eigenvalue weighted by Crippen LogP contribution is -2.30. The summed E-state index contributed by atoms with van der Waals surface area (Å²) in [6, 6.07) is 0. The SMILES string of the molecule is CCN1CC(CCC2NC=CN2)=CO1. The minimum absolute atomic E-state index is 0.395. The van der Waals surface area contributed by atoms with Crippen molar-refractivity contribution in [2.45, 2.75) is 25.9 Å². The Morgan fingerprint density at radius 1 is 1.50 bits per heavy atom. The van der Waals surface area contributed by atoms with Gasteiger partial charge in [0.25, 0.3) is 0 Å². The molecule has 2 N–H and O–H groups in total. The number of rotatable bonds is 4. The lowest BCUT2D eigenvalue weighted by Gasteiger charge is -2.13. The smallest absolute Gasteiger partial charge is 0.112 e. The second kappa shape index (κ2) is 4.37. The molecule has 0 saturated heterocycles. The molecule has 0 aliphatic carbocycles. The van der Waals surface area contributed by atoms with Crippen LogP contribution in [0.3, 0.4) is 0 Å². The third kappa shape index (κ3) is 2.20. The number of nitrogens with one attached hydrogen (secondary N) is 2. The van der Waals surface area contributed by atoms with E-state index in [-0.39, 0.29) is 0 Å². The van der Waals surface area contributed by atoms with Crippen molar-refractivity contribution in [1.29, 1.82) is 0 Å². The minimum Gasteiger partial charge on any atom is -0.413 e. The first-order chi connectivity index (χ1) is 6.88. The van der Waals surface area contributed by atoms with Gasteiger partial charge in [-0.1, -0.05) is 0 Å². The average Bonchev–Trinajstić information content (AvgIpc) is 2.86. The van der Waals surface area contributed by atoms with Crippen LogP contribution in [0.5, 0.6) is 0 Å². The Kier molecular flexibility index (Phi) is 2.93. The van der Waals surface area contributed by atoms with Crippen LogP contribution in [0.2, 0.25) is 0 Å². The molecule has 0 aromatic heterocycles. The molecule has 4 heteroatoms. The molecule has 0 unspecified atom stereocenters. The molecule has 2 aliphatic heterocycles. The predicted octanol–water partition coefficient (Wildman–Crippen LogP) is 0.908. The molecule has 14 heavy (non-hydrogen) atoms. The van der Waals surface area contributed by atoms with Crippen molar-refractivity contribution in [1.82, 2.24) is 15.7 Å². The molecular formula is C10H17N3O. The van der Waals surface area contributed by atoms with E-state index in [2.05, 4.69) is 17.6 Å². The average molecular weight is 195 g/mol. The lowest BCUT2D eigenvalue weighted by atomic mass is 10.1. The zero-order valence-corrected chi connectivity index (χ0v) is 8.49. The Bertz CT molecular complexity index is 242. The zero-order valence-electron chi connectivity index (χ0n) is 8.49. The standard InChI is InChI=1S/C10H17N3O/c1-2-13-7-9(8-14-13)3-4-10-11-5-6-12-10/h5-6,8,10-12H,2-4,7H2,1H3. The van der Waals surface area contributed by atoms with E-state index in [1.807, 2.05) is 23.7 Å². The van der Waals surface area contributed by atoms with E-state index in [9.17, 15) is 0 Å². The zero-order chi connectivity index (χ0) is 9.80. The number of hydrogen-bond donors (Lipinski definition) is 2. The van der Waals surface area contributed by atoms with Gasteiger partial charge in [-0.05, 0) is 25.3 Å². The number of hydroxylamine groups is 2. The molecule has 2 aliphatic rings. The molecule has 0 fully saturated rings. The first kappa shape index (κ1) is 9.40. The van der Waals surface area contributed by atoms with Gasteiger partial charge in [-0.25, -0.2) is 0 Å². The first-order valence-corrected chi connectivity index (χ1v) is 5.15. The van der Waals surface area contributed by atoms with E-state index < -0.39 is 0 Å². The van der Waals surface area contributed by atoms with Gasteiger partial charge < -0.3 is 15.5 Å². The molecule has 0 saturated carbocycles. The fourth-order valence-corrected chi connectivity index (χ4v) is 1.65. The Labute approximate surface area is 84.6 Å². The van der Waals surface area contributed by atoms with Crippen molar-refractivity contribution in [3.63, 3.8) is 0 Å². The molecule has 2 heterocycles. The summed E-state index contributed by atoms with van der Waals surface area (Å²) in [5, 5.41) is 8.43. The quantitative estimate of drug-likeness (QED) is 0.699. The van der Waals surface area contributed by atoms with Crippen molar-refractivity contribution in [3.8, 4) is 0 Å². The maximum atomic E-state index is 5.34. The topological polar surface area (TPSA) is 36.5 Å². The predicted molar refractivity (Wildman–Crippen MR) is 54.8 cm³/mol. The van der Waals surface area contributed by atoms with Crippen LogP contribution >= 0.6 is 0 Å². The van der Waals surface area contributed by atoms with Gasteiger partial charge in [-0.2, -0.15) is 0 Å². The molecule has 0 atom stereocenters. The highest BCUT2D eigenvalue weighted by Crippen LogP contribution is 2.16. The van der Waals surface area contributed by atoms with E-state index >= 15 is 0 Å². The molecule has 78 valence electrons.